The Morgan fingerprint density at radius 3 is 2.43 bits per heavy atom. The van der Waals surface area contributed by atoms with Gasteiger partial charge in [-0.15, -0.1) is 0 Å². The molecule has 0 spiro atoms. The molecule has 23 heavy (non-hydrogen) atoms. The second-order valence-corrected chi connectivity index (χ2v) is 5.42. The molecule has 0 atom stereocenters. The van der Waals surface area contributed by atoms with Crippen molar-refractivity contribution < 1.29 is 14.3 Å². The summed E-state index contributed by atoms with van der Waals surface area (Å²) in [6.07, 6.45) is -0.654. The van der Waals surface area contributed by atoms with Crippen molar-refractivity contribution in [3.05, 3.63) is 65.7 Å². The van der Waals surface area contributed by atoms with Crippen molar-refractivity contribution in [2.45, 2.75) is 6.61 Å². The van der Waals surface area contributed by atoms with Gasteiger partial charge in [0.1, 0.15) is 18.2 Å². The predicted molar refractivity (Wildman–Crippen MR) is 92.3 cm³/mol. The highest BCUT2D eigenvalue weighted by atomic mass is 79.9. The van der Waals surface area contributed by atoms with Gasteiger partial charge in [0.05, 0.1) is 6.61 Å². The van der Waals surface area contributed by atoms with Gasteiger partial charge in [0.25, 0.3) is 0 Å². The fraction of sp³-hybridized carbons (Fsp3) is 0.176. The van der Waals surface area contributed by atoms with E-state index in [0.29, 0.717) is 17.9 Å². The summed E-state index contributed by atoms with van der Waals surface area (Å²) in [7, 11) is 0. The molecule has 120 valence electrons. The average molecular weight is 377 g/mol. The van der Waals surface area contributed by atoms with Gasteiger partial charge in [-0.1, -0.05) is 46.3 Å². The molecule has 0 aliphatic carbocycles. The molecular weight excluding hydrogens is 360 g/mol. The van der Waals surface area contributed by atoms with Gasteiger partial charge in [0.2, 0.25) is 0 Å². The van der Waals surface area contributed by atoms with Crippen molar-refractivity contribution in [2.75, 3.05) is 11.9 Å². The Kier molecular flexibility index (Phi) is 6.62. The molecule has 2 aromatic rings. The number of rotatable bonds is 6. The first kappa shape index (κ1) is 17.0. The molecule has 6 heteroatoms. The van der Waals surface area contributed by atoms with Gasteiger partial charge in [-0.05, 0) is 29.8 Å². The molecule has 2 rings (SSSR count). The Bertz CT molecular complexity index is 645. The third-order valence-electron chi connectivity index (χ3n) is 2.93. The summed E-state index contributed by atoms with van der Waals surface area (Å²) in [5.41, 5.74) is 1.47. The van der Waals surface area contributed by atoms with E-state index in [4.69, 9.17) is 14.9 Å². The molecule has 0 radical (unpaired) electrons. The molecule has 0 saturated heterocycles. The van der Waals surface area contributed by atoms with Gasteiger partial charge >= 0.3 is 6.09 Å². The van der Waals surface area contributed by atoms with Crippen LogP contribution in [0.15, 0.2) is 54.6 Å². The maximum Gasteiger partial charge on any atom is 0.413 e. The van der Waals surface area contributed by atoms with E-state index in [-0.39, 0.29) is 12.4 Å². The monoisotopic (exact) mass is 376 g/mol. The fourth-order valence-corrected chi connectivity index (χ4v) is 1.97. The van der Waals surface area contributed by atoms with Crippen molar-refractivity contribution in [3.63, 3.8) is 0 Å². The molecule has 0 aliphatic heterocycles. The van der Waals surface area contributed by atoms with Crippen LogP contribution in [0, 0.1) is 5.41 Å². The van der Waals surface area contributed by atoms with E-state index in [0.717, 1.165) is 10.9 Å². The summed E-state index contributed by atoms with van der Waals surface area (Å²) in [5.74, 6) is 0.697. The maximum absolute atomic E-state index is 11.7. The largest absolute Gasteiger partial charge is 0.493 e. The number of benzene rings is 2. The van der Waals surface area contributed by atoms with E-state index in [2.05, 4.69) is 21.2 Å². The number of amidine groups is 1. The van der Waals surface area contributed by atoms with Gasteiger partial charge in [-0.2, -0.15) is 0 Å². The number of ether oxygens (including phenoxy) is 2. The Hall–Kier alpha value is -2.34. The minimum absolute atomic E-state index is 0.0184. The average Bonchev–Trinajstić information content (AvgIpc) is 2.59. The Labute approximate surface area is 143 Å². The lowest BCUT2D eigenvalue weighted by atomic mass is 10.2. The van der Waals surface area contributed by atoms with Gasteiger partial charge in [-0.3, -0.25) is 10.7 Å². The molecule has 2 N–H and O–H groups in total. The first-order valence-electron chi connectivity index (χ1n) is 7.04. The number of hydrogen-bond acceptors (Lipinski definition) is 4. The topological polar surface area (TPSA) is 71.4 Å². The lowest BCUT2D eigenvalue weighted by molar-refractivity contribution is 0.145. The van der Waals surface area contributed by atoms with E-state index < -0.39 is 6.09 Å². The van der Waals surface area contributed by atoms with Crippen molar-refractivity contribution in [3.8, 4) is 5.75 Å². The summed E-state index contributed by atoms with van der Waals surface area (Å²) >= 11 is 3.28. The Morgan fingerprint density at radius 2 is 1.78 bits per heavy atom. The van der Waals surface area contributed by atoms with Crippen LogP contribution in [-0.4, -0.2) is 23.9 Å². The molecule has 2 aromatic carbocycles. The van der Waals surface area contributed by atoms with Crippen LogP contribution in [0.2, 0.25) is 0 Å². The lowest BCUT2D eigenvalue weighted by Gasteiger charge is -2.09. The first-order valence-corrected chi connectivity index (χ1v) is 8.16. The predicted octanol–water partition coefficient (Wildman–Crippen LogP) is 3.71. The van der Waals surface area contributed by atoms with Crippen molar-refractivity contribution >= 4 is 27.9 Å². The summed E-state index contributed by atoms with van der Waals surface area (Å²) in [6.45, 7) is 0.736. The number of nitrogens with one attached hydrogen (secondary N) is 2. The van der Waals surface area contributed by atoms with Gasteiger partial charge in [-0.25, -0.2) is 4.79 Å². The van der Waals surface area contributed by atoms with Crippen LogP contribution < -0.4 is 10.1 Å². The van der Waals surface area contributed by atoms with E-state index >= 15 is 0 Å². The number of halogens is 1. The lowest BCUT2D eigenvalue weighted by Crippen LogP contribution is -2.30. The SMILES string of the molecule is N=C(NC(=O)OCc1ccccc1)c1ccc(OCCBr)cc1. The molecule has 5 nitrogen and oxygen atoms in total. The normalized spacial score (nSPS) is 9.96. The van der Waals surface area contributed by atoms with Crippen molar-refractivity contribution in [1.29, 1.82) is 5.41 Å². The van der Waals surface area contributed by atoms with E-state index in [1.807, 2.05) is 30.3 Å². The highest BCUT2D eigenvalue weighted by Gasteiger charge is 2.08. The molecule has 0 bridgehead atoms. The highest BCUT2D eigenvalue weighted by Crippen LogP contribution is 2.12. The number of alkyl halides is 1. The van der Waals surface area contributed by atoms with Crippen LogP contribution in [-0.2, 0) is 11.3 Å². The van der Waals surface area contributed by atoms with Crippen molar-refractivity contribution in [1.82, 2.24) is 5.32 Å². The molecule has 1 amide bonds. The summed E-state index contributed by atoms with van der Waals surface area (Å²) in [5, 5.41) is 11.0. The minimum Gasteiger partial charge on any atom is -0.493 e. The zero-order valence-electron chi connectivity index (χ0n) is 12.4. The zero-order chi connectivity index (χ0) is 16.5. The summed E-state index contributed by atoms with van der Waals surface area (Å²) < 4.78 is 10.5. The maximum atomic E-state index is 11.7. The quantitative estimate of drug-likeness (QED) is 0.458. The van der Waals surface area contributed by atoms with Crippen LogP contribution in [0.25, 0.3) is 0 Å². The van der Waals surface area contributed by atoms with Crippen molar-refractivity contribution in [2.24, 2.45) is 0 Å². The number of alkyl carbamates (subject to hydrolysis) is 1. The van der Waals surface area contributed by atoms with Crippen LogP contribution in [0.5, 0.6) is 5.75 Å². The third kappa shape index (κ3) is 5.75. The molecule has 0 heterocycles. The highest BCUT2D eigenvalue weighted by molar-refractivity contribution is 9.09. The Balaban J connectivity index is 1.82. The fourth-order valence-electron chi connectivity index (χ4n) is 1.81. The van der Waals surface area contributed by atoms with Gasteiger partial charge in [0.15, 0.2) is 0 Å². The van der Waals surface area contributed by atoms with Crippen LogP contribution >= 0.6 is 15.9 Å². The number of amides is 1. The molecule has 0 fully saturated rings. The van der Waals surface area contributed by atoms with Crippen LogP contribution in [0.3, 0.4) is 0 Å². The van der Waals surface area contributed by atoms with E-state index in [9.17, 15) is 4.79 Å². The Morgan fingerprint density at radius 1 is 1.09 bits per heavy atom. The second kappa shape index (κ2) is 8.95. The summed E-state index contributed by atoms with van der Waals surface area (Å²) in [4.78, 5) is 11.7. The third-order valence-corrected chi connectivity index (χ3v) is 3.25. The number of carbonyl (C=O) groups is 1. The molecular formula is C17H17BrN2O3. The zero-order valence-corrected chi connectivity index (χ0v) is 14.0. The number of carbonyl (C=O) groups excluding carboxylic acids is 1. The standard InChI is InChI=1S/C17H17BrN2O3/c18-10-11-22-15-8-6-14(7-9-15)16(19)20-17(21)23-12-13-4-2-1-3-5-13/h1-9H,10-12H2,(H2,19,20,21). The summed E-state index contributed by atoms with van der Waals surface area (Å²) in [6, 6.07) is 16.3. The molecule has 0 saturated carbocycles. The first-order chi connectivity index (χ1) is 11.2. The van der Waals surface area contributed by atoms with E-state index in [1.165, 1.54) is 0 Å². The minimum atomic E-state index is -0.654. The molecule has 0 unspecified atom stereocenters. The smallest absolute Gasteiger partial charge is 0.413 e. The number of hydrogen-bond donors (Lipinski definition) is 2. The van der Waals surface area contributed by atoms with Crippen LogP contribution in [0.4, 0.5) is 4.79 Å². The van der Waals surface area contributed by atoms with E-state index in [1.54, 1.807) is 24.3 Å². The van der Waals surface area contributed by atoms with Gasteiger partial charge in [0, 0.05) is 10.9 Å². The molecule has 0 aliphatic rings. The van der Waals surface area contributed by atoms with Crippen LogP contribution in [0.1, 0.15) is 11.1 Å². The molecule has 0 aromatic heterocycles. The van der Waals surface area contributed by atoms with Gasteiger partial charge < -0.3 is 9.47 Å². The second-order valence-electron chi connectivity index (χ2n) is 4.62.